The van der Waals surface area contributed by atoms with Crippen molar-refractivity contribution in [3.8, 4) is 11.5 Å². The predicted molar refractivity (Wildman–Crippen MR) is 197 cm³/mol. The second-order valence-electron chi connectivity index (χ2n) is 13.7. The molecule has 55 heavy (non-hydrogen) atoms. The molecule has 2 saturated heterocycles. The summed E-state index contributed by atoms with van der Waals surface area (Å²) in [5, 5.41) is 11.6. The highest BCUT2D eigenvalue weighted by molar-refractivity contribution is 14.1. The highest BCUT2D eigenvalue weighted by Gasteiger charge is 2.77. The van der Waals surface area contributed by atoms with E-state index in [1.807, 2.05) is 18.2 Å². The van der Waals surface area contributed by atoms with Gasteiger partial charge in [0.15, 0.2) is 33.0 Å². The third-order valence-electron chi connectivity index (χ3n) is 10.9. The Bertz CT molecular complexity index is 2360. The minimum atomic E-state index is -2.79. The number of imide groups is 2. The lowest BCUT2D eigenvalue weighted by molar-refractivity contribution is -0.125. The summed E-state index contributed by atoms with van der Waals surface area (Å²) in [6, 6.07) is 19.6. The maximum Gasteiger partial charge on any atom is 0.258 e. The summed E-state index contributed by atoms with van der Waals surface area (Å²) in [4.78, 5) is 52.3. The van der Waals surface area contributed by atoms with Crippen molar-refractivity contribution < 1.29 is 51.0 Å². The summed E-state index contributed by atoms with van der Waals surface area (Å²) in [7, 11) is 0. The number of ether oxygens (including phenoxy) is 1. The van der Waals surface area contributed by atoms with Crippen molar-refractivity contribution in [3.05, 3.63) is 128 Å². The number of phenols is 1. The standard InChI is InChI=1S/C39H24Cl2F5IN2O6/c40-38-15-24-21(12-13-23-26(24)35(52)48(34(23)51)19-8-6-18(47)7-9-19)27(22-11-10-20(14-25(22)50)55-16-17-4-2-1-3-5-17)39(38,41)37(54)49(36(38)53)33-31(45)29(43)28(42)30(44)32(33)46/h1-12,14,23-24,26-27,50H,13,15-16H2. The van der Waals surface area contributed by atoms with Crippen LogP contribution in [0.2, 0.25) is 0 Å². The Morgan fingerprint density at radius 3 is 2.05 bits per heavy atom. The fourth-order valence-corrected chi connectivity index (χ4v) is 9.64. The van der Waals surface area contributed by atoms with E-state index in [-0.39, 0.29) is 40.5 Å². The lowest BCUT2D eigenvalue weighted by Crippen LogP contribution is -2.60. The molecule has 0 spiro atoms. The van der Waals surface area contributed by atoms with E-state index in [1.54, 1.807) is 42.5 Å². The normalized spacial score (nSPS) is 27.2. The minimum absolute atomic E-state index is 0.0524. The second-order valence-corrected chi connectivity index (χ2v) is 16.2. The van der Waals surface area contributed by atoms with Crippen LogP contribution in [-0.2, 0) is 25.8 Å². The van der Waals surface area contributed by atoms with E-state index in [9.17, 15) is 37.5 Å². The summed E-state index contributed by atoms with van der Waals surface area (Å²) < 4.78 is 80.5. The quantitative estimate of drug-likeness (QED) is 0.0400. The van der Waals surface area contributed by atoms with Gasteiger partial charge in [-0.2, -0.15) is 0 Å². The number of hydrogen-bond donors (Lipinski definition) is 1. The first-order chi connectivity index (χ1) is 26.1. The molecule has 282 valence electrons. The topological polar surface area (TPSA) is 104 Å². The molecule has 0 aromatic heterocycles. The number of carbonyl (C=O) groups is 4. The number of aromatic hydroxyl groups is 1. The lowest BCUT2D eigenvalue weighted by atomic mass is 9.56. The number of phenolic OH excluding ortho intramolecular Hbond substituents is 1. The molecule has 4 amide bonds. The highest BCUT2D eigenvalue weighted by atomic mass is 127. The van der Waals surface area contributed by atoms with E-state index in [4.69, 9.17) is 27.9 Å². The Hall–Kier alpha value is -4.54. The molecule has 6 unspecified atom stereocenters. The summed E-state index contributed by atoms with van der Waals surface area (Å²) in [5.41, 5.74) is -0.743. The number of rotatable bonds is 6. The summed E-state index contributed by atoms with van der Waals surface area (Å²) in [5.74, 6) is -22.1. The van der Waals surface area contributed by atoms with Crippen LogP contribution in [0.1, 0.15) is 29.9 Å². The molecule has 1 N–H and O–H groups in total. The smallest absolute Gasteiger partial charge is 0.258 e. The number of benzene rings is 4. The third-order valence-corrected chi connectivity index (χ3v) is 13.0. The van der Waals surface area contributed by atoms with Gasteiger partial charge in [-0.25, -0.2) is 26.9 Å². The Morgan fingerprint density at radius 2 is 1.42 bits per heavy atom. The molecule has 3 fully saturated rings. The molecule has 2 heterocycles. The van der Waals surface area contributed by atoms with Gasteiger partial charge in [-0.1, -0.05) is 48.0 Å². The Morgan fingerprint density at radius 1 is 0.782 bits per heavy atom. The van der Waals surface area contributed by atoms with Crippen molar-refractivity contribution in [1.29, 1.82) is 0 Å². The number of halogens is 8. The van der Waals surface area contributed by atoms with Gasteiger partial charge in [-0.3, -0.25) is 24.1 Å². The van der Waals surface area contributed by atoms with E-state index in [0.29, 0.717) is 0 Å². The third kappa shape index (κ3) is 5.34. The number of amides is 4. The highest BCUT2D eigenvalue weighted by Crippen LogP contribution is 2.67. The Kier molecular flexibility index (Phi) is 9.04. The Labute approximate surface area is 332 Å². The molecule has 4 aliphatic rings. The number of alkyl halides is 2. The second kappa shape index (κ2) is 13.3. The first-order valence-corrected chi connectivity index (χ1v) is 18.6. The monoisotopic (exact) mass is 908 g/mol. The van der Waals surface area contributed by atoms with E-state index >= 15 is 8.78 Å². The molecule has 2 aliphatic heterocycles. The molecular weight excluding hydrogens is 885 g/mol. The maximum atomic E-state index is 15.3. The van der Waals surface area contributed by atoms with E-state index in [1.165, 1.54) is 18.2 Å². The average Bonchev–Trinajstić information content (AvgIpc) is 3.51. The van der Waals surface area contributed by atoms with E-state index in [0.717, 1.165) is 14.0 Å². The number of allylic oxidation sites excluding steroid dienone is 2. The predicted octanol–water partition coefficient (Wildman–Crippen LogP) is 8.04. The zero-order chi connectivity index (χ0) is 39.3. The number of anilines is 2. The van der Waals surface area contributed by atoms with Gasteiger partial charge in [0.1, 0.15) is 23.8 Å². The van der Waals surface area contributed by atoms with Crippen LogP contribution in [0.25, 0.3) is 0 Å². The summed E-state index contributed by atoms with van der Waals surface area (Å²) in [6.45, 7) is 0.0979. The first-order valence-electron chi connectivity index (χ1n) is 16.7. The van der Waals surface area contributed by atoms with Crippen molar-refractivity contribution in [3.63, 3.8) is 0 Å². The van der Waals surface area contributed by atoms with Gasteiger partial charge in [0.05, 0.1) is 17.5 Å². The van der Waals surface area contributed by atoms with Gasteiger partial charge >= 0.3 is 0 Å². The molecule has 16 heteroatoms. The SMILES string of the molecule is O=C1C2CC=C3C(CC4(Cl)C(=O)N(c5c(F)c(F)c(F)c(F)c5F)C(=O)C4(Cl)C3c3ccc(OCc4ccccc4)cc3O)C2C(=O)N1c1ccc(I)cc1. The molecule has 4 aromatic rings. The zero-order valence-electron chi connectivity index (χ0n) is 27.8. The van der Waals surface area contributed by atoms with Crippen LogP contribution in [0.15, 0.2) is 84.4 Å². The van der Waals surface area contributed by atoms with Crippen LogP contribution in [0, 0.1) is 50.4 Å². The van der Waals surface area contributed by atoms with Crippen molar-refractivity contribution in [2.24, 2.45) is 17.8 Å². The van der Waals surface area contributed by atoms with Gasteiger partial charge in [0, 0.05) is 21.1 Å². The van der Waals surface area contributed by atoms with Crippen molar-refractivity contribution in [2.45, 2.75) is 35.1 Å². The molecule has 8 rings (SSSR count). The van der Waals surface area contributed by atoms with E-state index in [2.05, 4.69) is 22.6 Å². The van der Waals surface area contributed by atoms with Crippen LogP contribution in [-0.4, -0.2) is 38.5 Å². The van der Waals surface area contributed by atoms with Crippen LogP contribution in [0.5, 0.6) is 11.5 Å². The molecule has 8 nitrogen and oxygen atoms in total. The first kappa shape index (κ1) is 37.4. The van der Waals surface area contributed by atoms with Gasteiger partial charge in [0.25, 0.3) is 11.8 Å². The number of nitrogens with zero attached hydrogens (tertiary/aromatic N) is 2. The van der Waals surface area contributed by atoms with E-state index < -0.39 is 104 Å². The summed E-state index contributed by atoms with van der Waals surface area (Å²) >= 11 is 16.4. The van der Waals surface area contributed by atoms with Crippen LogP contribution in [0.4, 0.5) is 33.3 Å². The number of carbonyl (C=O) groups excluding carboxylic acids is 4. The number of fused-ring (bicyclic) bond motifs is 4. The minimum Gasteiger partial charge on any atom is -0.508 e. The lowest BCUT2D eigenvalue weighted by Gasteiger charge is -2.50. The molecular formula is C39H24Cl2F5IN2O6. The molecule has 4 aromatic carbocycles. The fraction of sp³-hybridized carbons (Fsp3) is 0.231. The largest absolute Gasteiger partial charge is 0.508 e. The number of hydrogen-bond acceptors (Lipinski definition) is 6. The molecule has 1 saturated carbocycles. The molecule has 6 atom stereocenters. The molecule has 0 bridgehead atoms. The van der Waals surface area contributed by atoms with Gasteiger partial charge in [-0.15, -0.1) is 23.2 Å². The average molecular weight is 909 g/mol. The zero-order valence-corrected chi connectivity index (χ0v) is 31.5. The van der Waals surface area contributed by atoms with Gasteiger partial charge < -0.3 is 9.84 Å². The fourth-order valence-electron chi connectivity index (χ4n) is 8.36. The maximum absolute atomic E-state index is 15.3. The van der Waals surface area contributed by atoms with Crippen molar-refractivity contribution in [2.75, 3.05) is 9.80 Å². The summed E-state index contributed by atoms with van der Waals surface area (Å²) in [6.07, 6.45) is 0.831. The molecule has 2 aliphatic carbocycles. The molecule has 0 radical (unpaired) electrons. The Balaban J connectivity index is 1.28. The van der Waals surface area contributed by atoms with Crippen LogP contribution < -0.4 is 14.5 Å². The van der Waals surface area contributed by atoms with Crippen molar-refractivity contribution >= 4 is 80.8 Å². The van der Waals surface area contributed by atoms with Gasteiger partial charge in [-0.05, 0) is 77.2 Å². The van der Waals surface area contributed by atoms with Crippen molar-refractivity contribution in [1.82, 2.24) is 0 Å². The van der Waals surface area contributed by atoms with Crippen LogP contribution in [0.3, 0.4) is 0 Å². The van der Waals surface area contributed by atoms with Gasteiger partial charge in [0.2, 0.25) is 17.6 Å². The van der Waals surface area contributed by atoms with Crippen LogP contribution >= 0.6 is 45.8 Å².